The first-order valence-electron chi connectivity index (χ1n) is 9.11. The Morgan fingerprint density at radius 3 is 2.72 bits per heavy atom. The number of amides is 1. The van der Waals surface area contributed by atoms with Gasteiger partial charge in [-0.25, -0.2) is 4.39 Å². The molecular formula is C22H18ClFN4O. The van der Waals surface area contributed by atoms with Crippen LogP contribution in [0.5, 0.6) is 0 Å². The number of hydrogen-bond donors (Lipinski definition) is 1. The van der Waals surface area contributed by atoms with Crippen LogP contribution in [0.3, 0.4) is 0 Å². The van der Waals surface area contributed by atoms with E-state index < -0.39 is 5.82 Å². The van der Waals surface area contributed by atoms with Gasteiger partial charge in [-0.3, -0.25) is 14.5 Å². The van der Waals surface area contributed by atoms with E-state index in [1.807, 2.05) is 25.1 Å². The molecule has 2 aromatic carbocycles. The minimum Gasteiger partial charge on any atom is -0.346 e. The second kappa shape index (κ2) is 8.01. The molecule has 1 N–H and O–H groups in total. The van der Waals surface area contributed by atoms with Gasteiger partial charge in [-0.2, -0.15) is 5.10 Å². The minimum atomic E-state index is -0.456. The molecule has 0 aliphatic heterocycles. The van der Waals surface area contributed by atoms with Gasteiger partial charge in [0.25, 0.3) is 5.91 Å². The lowest BCUT2D eigenvalue weighted by Crippen LogP contribution is -2.26. The summed E-state index contributed by atoms with van der Waals surface area (Å²) in [5.74, 6) is -0.619. The Bertz CT molecular complexity index is 1180. The number of carbonyl (C=O) groups excluding carboxylic acids is 1. The Morgan fingerprint density at radius 2 is 1.97 bits per heavy atom. The Balaban J connectivity index is 1.53. The van der Waals surface area contributed by atoms with Crippen molar-refractivity contribution in [1.29, 1.82) is 0 Å². The summed E-state index contributed by atoms with van der Waals surface area (Å²) in [7, 11) is 0. The number of halogens is 2. The highest BCUT2D eigenvalue weighted by atomic mass is 35.5. The summed E-state index contributed by atoms with van der Waals surface area (Å²) in [5, 5.41) is 8.29. The van der Waals surface area contributed by atoms with Crippen LogP contribution < -0.4 is 5.32 Å². The number of benzene rings is 2. The maximum absolute atomic E-state index is 13.7. The minimum absolute atomic E-state index is 0.0933. The van der Waals surface area contributed by atoms with Crippen molar-refractivity contribution in [2.45, 2.75) is 19.5 Å². The van der Waals surface area contributed by atoms with E-state index in [2.05, 4.69) is 15.4 Å². The molecule has 5 nitrogen and oxygen atoms in total. The van der Waals surface area contributed by atoms with Gasteiger partial charge in [0.2, 0.25) is 0 Å². The number of rotatable bonds is 5. The van der Waals surface area contributed by atoms with Gasteiger partial charge >= 0.3 is 0 Å². The highest BCUT2D eigenvalue weighted by Crippen LogP contribution is 2.20. The average Bonchev–Trinajstić information content (AvgIpc) is 3.13. The van der Waals surface area contributed by atoms with Crippen LogP contribution in [0, 0.1) is 5.82 Å². The molecule has 1 unspecified atom stereocenters. The van der Waals surface area contributed by atoms with E-state index in [1.54, 1.807) is 41.5 Å². The van der Waals surface area contributed by atoms with Crippen LogP contribution in [0.4, 0.5) is 4.39 Å². The van der Waals surface area contributed by atoms with Crippen molar-refractivity contribution in [3.05, 3.63) is 94.7 Å². The van der Waals surface area contributed by atoms with Crippen LogP contribution in [0.2, 0.25) is 5.02 Å². The highest BCUT2D eigenvalue weighted by molar-refractivity contribution is 6.30. The van der Waals surface area contributed by atoms with Gasteiger partial charge in [-0.1, -0.05) is 17.7 Å². The van der Waals surface area contributed by atoms with E-state index in [4.69, 9.17) is 11.6 Å². The lowest BCUT2D eigenvalue weighted by Gasteiger charge is -2.14. The first kappa shape index (κ1) is 19.1. The lowest BCUT2D eigenvalue weighted by molar-refractivity contribution is 0.0940. The smallest absolute Gasteiger partial charge is 0.251 e. The quantitative estimate of drug-likeness (QED) is 0.517. The summed E-state index contributed by atoms with van der Waals surface area (Å²) in [6.45, 7) is 2.33. The van der Waals surface area contributed by atoms with E-state index >= 15 is 0 Å². The Labute approximate surface area is 172 Å². The summed E-state index contributed by atoms with van der Waals surface area (Å²) >= 11 is 5.74. The summed E-state index contributed by atoms with van der Waals surface area (Å²) in [6, 6.07) is 13.7. The summed E-state index contributed by atoms with van der Waals surface area (Å²) < 4.78 is 15.4. The van der Waals surface area contributed by atoms with Crippen LogP contribution in [0.15, 0.2) is 67.1 Å². The molecule has 4 aromatic rings. The van der Waals surface area contributed by atoms with E-state index in [0.717, 1.165) is 22.0 Å². The number of nitrogens with zero attached hydrogens (tertiary/aromatic N) is 3. The van der Waals surface area contributed by atoms with Gasteiger partial charge in [-0.15, -0.1) is 0 Å². The molecule has 0 aliphatic carbocycles. The van der Waals surface area contributed by atoms with E-state index in [1.165, 1.54) is 12.1 Å². The molecular weight excluding hydrogens is 391 g/mol. The molecule has 0 saturated carbocycles. The van der Waals surface area contributed by atoms with Crippen molar-refractivity contribution in [2.24, 2.45) is 0 Å². The van der Waals surface area contributed by atoms with Gasteiger partial charge in [0.15, 0.2) is 0 Å². The summed E-state index contributed by atoms with van der Waals surface area (Å²) in [6.07, 6.45) is 5.10. The van der Waals surface area contributed by atoms with E-state index in [0.29, 0.717) is 12.1 Å². The molecule has 2 aromatic heterocycles. The van der Waals surface area contributed by atoms with Crippen LogP contribution in [0.1, 0.15) is 34.5 Å². The summed E-state index contributed by atoms with van der Waals surface area (Å²) in [5.41, 5.74) is 3.15. The van der Waals surface area contributed by atoms with Gasteiger partial charge in [-0.05, 0) is 60.5 Å². The Morgan fingerprint density at radius 1 is 1.17 bits per heavy atom. The molecule has 1 amide bonds. The fourth-order valence-electron chi connectivity index (χ4n) is 3.18. The fraction of sp³-hybridized carbons (Fsp3) is 0.136. The first-order chi connectivity index (χ1) is 14.0. The van der Waals surface area contributed by atoms with Crippen molar-refractivity contribution in [3.63, 3.8) is 0 Å². The number of nitrogens with one attached hydrogen (secondary N) is 1. The topological polar surface area (TPSA) is 59.8 Å². The molecule has 0 radical (unpaired) electrons. The van der Waals surface area contributed by atoms with Gasteiger partial charge in [0.1, 0.15) is 5.82 Å². The summed E-state index contributed by atoms with van der Waals surface area (Å²) in [4.78, 5) is 16.6. The Kier molecular flexibility index (Phi) is 5.27. The molecule has 0 saturated heterocycles. The largest absolute Gasteiger partial charge is 0.346 e. The van der Waals surface area contributed by atoms with E-state index in [-0.39, 0.29) is 17.0 Å². The fourth-order valence-corrected chi connectivity index (χ4v) is 3.30. The maximum atomic E-state index is 13.7. The third-order valence-corrected chi connectivity index (χ3v) is 5.08. The Hall–Kier alpha value is -3.25. The number of carbonyl (C=O) groups is 1. The molecule has 7 heteroatoms. The third kappa shape index (κ3) is 4.12. The number of fused-ring (bicyclic) bond motifs is 1. The average molecular weight is 409 g/mol. The molecule has 4 rings (SSSR count). The van der Waals surface area contributed by atoms with Crippen LogP contribution in [-0.2, 0) is 6.54 Å². The molecule has 29 heavy (non-hydrogen) atoms. The van der Waals surface area contributed by atoms with Gasteiger partial charge in [0, 0.05) is 23.3 Å². The van der Waals surface area contributed by atoms with Gasteiger partial charge < -0.3 is 5.32 Å². The second-order valence-electron chi connectivity index (χ2n) is 6.80. The standard InChI is InChI=1S/C22H18ClFN4O/c1-14(16-6-8-25-9-7-16)27-22(29)17-3-5-21-18(11-17)12-26-28(21)13-15-2-4-19(23)20(24)10-15/h2-12,14H,13H2,1H3,(H,27,29). The monoisotopic (exact) mass is 408 g/mol. The van der Waals surface area contributed by atoms with Crippen molar-refractivity contribution in [2.75, 3.05) is 0 Å². The normalized spacial score (nSPS) is 12.1. The molecule has 0 fully saturated rings. The van der Waals surface area contributed by atoms with Crippen molar-refractivity contribution in [1.82, 2.24) is 20.1 Å². The first-order valence-corrected chi connectivity index (χ1v) is 9.49. The zero-order chi connectivity index (χ0) is 20.4. The maximum Gasteiger partial charge on any atom is 0.251 e. The third-order valence-electron chi connectivity index (χ3n) is 4.77. The number of pyridine rings is 1. The molecule has 0 spiro atoms. The predicted molar refractivity (Wildman–Crippen MR) is 110 cm³/mol. The predicted octanol–water partition coefficient (Wildman–Crippen LogP) is 4.76. The molecule has 1 atom stereocenters. The van der Waals surface area contributed by atoms with Crippen molar-refractivity contribution < 1.29 is 9.18 Å². The van der Waals surface area contributed by atoms with E-state index in [9.17, 15) is 9.18 Å². The number of hydrogen-bond acceptors (Lipinski definition) is 3. The SMILES string of the molecule is CC(NC(=O)c1ccc2c(cnn2Cc2ccc(Cl)c(F)c2)c1)c1ccncc1. The second-order valence-corrected chi connectivity index (χ2v) is 7.21. The molecule has 146 valence electrons. The number of aromatic nitrogens is 3. The van der Waals surface area contributed by atoms with Crippen molar-refractivity contribution in [3.8, 4) is 0 Å². The van der Waals surface area contributed by atoms with Crippen LogP contribution in [0.25, 0.3) is 10.9 Å². The lowest BCUT2D eigenvalue weighted by atomic mass is 10.1. The zero-order valence-electron chi connectivity index (χ0n) is 15.6. The van der Waals surface area contributed by atoms with Crippen molar-refractivity contribution >= 4 is 28.4 Å². The highest BCUT2D eigenvalue weighted by Gasteiger charge is 2.13. The molecule has 0 aliphatic rings. The van der Waals surface area contributed by atoms with Crippen LogP contribution in [-0.4, -0.2) is 20.7 Å². The zero-order valence-corrected chi connectivity index (χ0v) is 16.4. The van der Waals surface area contributed by atoms with Gasteiger partial charge in [0.05, 0.1) is 29.3 Å². The molecule has 2 heterocycles. The molecule has 0 bridgehead atoms. The van der Waals surface area contributed by atoms with Crippen LogP contribution >= 0.6 is 11.6 Å².